The first-order valence-corrected chi connectivity index (χ1v) is 9.39. The minimum Gasteiger partial charge on any atom is -0.488 e. The van der Waals surface area contributed by atoms with Gasteiger partial charge in [0.1, 0.15) is 18.1 Å². The van der Waals surface area contributed by atoms with Gasteiger partial charge in [-0.1, -0.05) is 28.1 Å². The number of nitro benzene ring substituents is 1. The Morgan fingerprint density at radius 3 is 2.45 bits per heavy atom. The SMILES string of the molecule is O=c1[nH]c(/C=C/c2cc(Br)ccc2OCc2ccccc2[N+](=O)[O-])c([N+](=O)[O-])c(=O)[nH]1. The van der Waals surface area contributed by atoms with Gasteiger partial charge in [0, 0.05) is 16.1 Å². The van der Waals surface area contributed by atoms with Crippen LogP contribution in [-0.4, -0.2) is 19.8 Å². The first kappa shape index (κ1) is 21.6. The van der Waals surface area contributed by atoms with Gasteiger partial charge in [0.25, 0.3) is 5.69 Å². The third kappa shape index (κ3) is 5.11. The van der Waals surface area contributed by atoms with Crippen LogP contribution in [-0.2, 0) is 6.61 Å². The number of nitrogens with one attached hydrogen (secondary N) is 2. The van der Waals surface area contributed by atoms with E-state index in [2.05, 4.69) is 20.9 Å². The summed E-state index contributed by atoms with van der Waals surface area (Å²) in [5.74, 6) is 0.326. The largest absolute Gasteiger partial charge is 0.488 e. The van der Waals surface area contributed by atoms with Crippen LogP contribution in [0.1, 0.15) is 16.8 Å². The van der Waals surface area contributed by atoms with Gasteiger partial charge in [-0.15, -0.1) is 0 Å². The van der Waals surface area contributed by atoms with E-state index >= 15 is 0 Å². The third-order valence-corrected chi connectivity index (χ3v) is 4.59. The molecular formula is C19H13BrN4O7. The van der Waals surface area contributed by atoms with Crippen LogP contribution in [0.3, 0.4) is 0 Å². The molecule has 0 unspecified atom stereocenters. The van der Waals surface area contributed by atoms with E-state index in [4.69, 9.17) is 4.74 Å². The Bertz CT molecular complexity index is 1310. The zero-order valence-electron chi connectivity index (χ0n) is 15.5. The number of H-pyrrole nitrogens is 2. The van der Waals surface area contributed by atoms with Crippen molar-refractivity contribution in [3.63, 3.8) is 0 Å². The fourth-order valence-electron chi connectivity index (χ4n) is 2.72. The topological polar surface area (TPSA) is 161 Å². The lowest BCUT2D eigenvalue weighted by Crippen LogP contribution is -2.25. The molecule has 0 amide bonds. The number of aromatic nitrogens is 2. The molecule has 158 valence electrons. The number of para-hydroxylation sites is 1. The van der Waals surface area contributed by atoms with Gasteiger partial charge in [-0.2, -0.15) is 0 Å². The van der Waals surface area contributed by atoms with E-state index in [0.717, 1.165) is 0 Å². The number of hydrogen-bond acceptors (Lipinski definition) is 7. The summed E-state index contributed by atoms with van der Waals surface area (Å²) < 4.78 is 6.40. The summed E-state index contributed by atoms with van der Waals surface area (Å²) in [5, 5.41) is 22.3. The maximum absolute atomic E-state index is 11.7. The standard InChI is InChI=1S/C19H13BrN4O7/c20-13-6-8-16(31-10-12-3-1-2-4-15(12)23(27)28)11(9-13)5-7-14-17(24(29)30)18(25)22-19(26)21-14/h1-9H,10H2,(H2,21,22,25,26)/b7-5+. The summed E-state index contributed by atoms with van der Waals surface area (Å²) in [7, 11) is 0. The van der Waals surface area contributed by atoms with Gasteiger partial charge in [-0.25, -0.2) is 4.79 Å². The molecule has 0 atom stereocenters. The molecule has 3 aromatic rings. The van der Waals surface area contributed by atoms with Crippen molar-refractivity contribution in [2.24, 2.45) is 0 Å². The van der Waals surface area contributed by atoms with E-state index in [1.807, 2.05) is 0 Å². The monoisotopic (exact) mass is 488 g/mol. The molecule has 0 saturated carbocycles. The van der Waals surface area contributed by atoms with Crippen LogP contribution < -0.4 is 16.0 Å². The molecule has 0 saturated heterocycles. The lowest BCUT2D eigenvalue weighted by Gasteiger charge is -2.10. The predicted molar refractivity (Wildman–Crippen MR) is 115 cm³/mol. The van der Waals surface area contributed by atoms with E-state index in [0.29, 0.717) is 21.3 Å². The van der Waals surface area contributed by atoms with Crippen molar-refractivity contribution in [3.8, 4) is 5.75 Å². The smallest absolute Gasteiger partial charge is 0.357 e. The molecule has 0 aliphatic carbocycles. The fraction of sp³-hybridized carbons (Fsp3) is 0.0526. The summed E-state index contributed by atoms with van der Waals surface area (Å²) in [6.07, 6.45) is 2.62. The molecule has 11 nitrogen and oxygen atoms in total. The number of ether oxygens (including phenoxy) is 1. The zero-order valence-corrected chi connectivity index (χ0v) is 17.1. The Morgan fingerprint density at radius 2 is 1.74 bits per heavy atom. The molecule has 0 radical (unpaired) electrons. The molecule has 31 heavy (non-hydrogen) atoms. The van der Waals surface area contributed by atoms with Crippen LogP contribution in [0.15, 0.2) is 56.5 Å². The second kappa shape index (κ2) is 9.17. The molecule has 1 heterocycles. The Labute approximate surface area is 181 Å². The van der Waals surface area contributed by atoms with Gasteiger partial charge in [0.15, 0.2) is 0 Å². The molecule has 0 aliphatic rings. The van der Waals surface area contributed by atoms with Crippen molar-refractivity contribution in [1.82, 2.24) is 9.97 Å². The van der Waals surface area contributed by atoms with E-state index in [1.54, 1.807) is 41.4 Å². The van der Waals surface area contributed by atoms with Crippen LogP contribution in [0, 0.1) is 20.2 Å². The Balaban J connectivity index is 1.95. The minimum atomic E-state index is -1.13. The van der Waals surface area contributed by atoms with Crippen LogP contribution in [0.25, 0.3) is 12.2 Å². The molecule has 0 aliphatic heterocycles. The molecular weight excluding hydrogens is 476 g/mol. The molecule has 0 bridgehead atoms. The Kier molecular flexibility index (Phi) is 6.40. The van der Waals surface area contributed by atoms with E-state index in [-0.39, 0.29) is 18.0 Å². The van der Waals surface area contributed by atoms with E-state index in [9.17, 15) is 29.8 Å². The Morgan fingerprint density at radius 1 is 1.00 bits per heavy atom. The summed E-state index contributed by atoms with van der Waals surface area (Å²) in [5.41, 5.74) is -2.40. The molecule has 12 heteroatoms. The number of nitro groups is 2. The summed E-state index contributed by atoms with van der Waals surface area (Å²) in [6, 6.07) is 11.1. The highest BCUT2D eigenvalue weighted by molar-refractivity contribution is 9.10. The van der Waals surface area contributed by atoms with Crippen LogP contribution >= 0.6 is 15.9 Å². The highest BCUT2D eigenvalue weighted by Gasteiger charge is 2.19. The van der Waals surface area contributed by atoms with Gasteiger partial charge >= 0.3 is 16.9 Å². The quantitative estimate of drug-likeness (QED) is 0.380. The molecule has 1 aromatic heterocycles. The molecule has 2 N–H and O–H groups in total. The lowest BCUT2D eigenvalue weighted by molar-refractivity contribution is -0.386. The van der Waals surface area contributed by atoms with Crippen molar-refractivity contribution >= 4 is 39.5 Å². The van der Waals surface area contributed by atoms with Crippen molar-refractivity contribution in [1.29, 1.82) is 0 Å². The highest BCUT2D eigenvalue weighted by atomic mass is 79.9. The molecule has 2 aromatic carbocycles. The van der Waals surface area contributed by atoms with Gasteiger partial charge in [0.05, 0.1) is 15.4 Å². The van der Waals surface area contributed by atoms with E-state index < -0.39 is 26.8 Å². The van der Waals surface area contributed by atoms with Crippen molar-refractivity contribution in [2.45, 2.75) is 6.61 Å². The summed E-state index contributed by atoms with van der Waals surface area (Å²) in [4.78, 5) is 48.2. The summed E-state index contributed by atoms with van der Waals surface area (Å²) in [6.45, 7) is -0.0956. The normalized spacial score (nSPS) is 10.9. The fourth-order valence-corrected chi connectivity index (χ4v) is 3.10. The first-order valence-electron chi connectivity index (χ1n) is 8.60. The Hall–Kier alpha value is -4.06. The number of aromatic amines is 2. The third-order valence-electron chi connectivity index (χ3n) is 4.10. The lowest BCUT2D eigenvalue weighted by atomic mass is 10.1. The van der Waals surface area contributed by atoms with Crippen molar-refractivity contribution < 1.29 is 14.6 Å². The number of rotatable bonds is 7. The average molecular weight is 489 g/mol. The van der Waals surface area contributed by atoms with Gasteiger partial charge in [-0.3, -0.25) is 30.0 Å². The van der Waals surface area contributed by atoms with Crippen LogP contribution in [0.5, 0.6) is 5.75 Å². The van der Waals surface area contributed by atoms with E-state index in [1.165, 1.54) is 18.2 Å². The minimum absolute atomic E-state index is 0.0894. The number of benzene rings is 2. The second-order valence-corrected chi connectivity index (χ2v) is 7.03. The molecule has 0 spiro atoms. The summed E-state index contributed by atoms with van der Waals surface area (Å²) >= 11 is 3.31. The maximum Gasteiger partial charge on any atom is 0.357 e. The zero-order chi connectivity index (χ0) is 22.5. The average Bonchev–Trinajstić information content (AvgIpc) is 2.70. The number of halogens is 1. The number of nitrogens with zero attached hydrogens (tertiary/aromatic N) is 2. The van der Waals surface area contributed by atoms with Crippen molar-refractivity contribution in [2.75, 3.05) is 0 Å². The second-order valence-electron chi connectivity index (χ2n) is 6.12. The van der Waals surface area contributed by atoms with Crippen LogP contribution in [0.4, 0.5) is 11.4 Å². The van der Waals surface area contributed by atoms with Gasteiger partial charge in [0.2, 0.25) is 0 Å². The predicted octanol–water partition coefficient (Wildman–Crippen LogP) is 3.39. The molecule has 3 rings (SSSR count). The van der Waals surface area contributed by atoms with Crippen LogP contribution in [0.2, 0.25) is 0 Å². The maximum atomic E-state index is 11.7. The van der Waals surface area contributed by atoms with Gasteiger partial charge < -0.3 is 9.72 Å². The number of hydrogen-bond donors (Lipinski definition) is 2. The molecule has 0 fully saturated rings. The van der Waals surface area contributed by atoms with Gasteiger partial charge in [-0.05, 0) is 36.4 Å². The highest BCUT2D eigenvalue weighted by Crippen LogP contribution is 2.28. The van der Waals surface area contributed by atoms with Crippen molar-refractivity contribution in [3.05, 3.63) is 105 Å². The first-order chi connectivity index (χ1) is 14.8.